The first-order valence-corrected chi connectivity index (χ1v) is 7.87. The number of nitrogens with one attached hydrogen (secondary N) is 1. The van der Waals surface area contributed by atoms with Crippen molar-refractivity contribution in [1.82, 2.24) is 15.1 Å². The lowest BCUT2D eigenvalue weighted by Crippen LogP contribution is -2.24. The smallest absolute Gasteiger partial charge is 0.119 e. The SMILES string of the molecule is COc1cccc(C(CO)NCc2ccc(-n3cccn3)cc2)c1. The van der Waals surface area contributed by atoms with E-state index >= 15 is 0 Å². The van der Waals surface area contributed by atoms with E-state index in [0.29, 0.717) is 6.54 Å². The number of aliphatic hydroxyl groups excluding tert-OH is 1. The molecule has 5 heteroatoms. The summed E-state index contributed by atoms with van der Waals surface area (Å²) in [5, 5.41) is 17.3. The second-order valence-electron chi connectivity index (χ2n) is 5.51. The highest BCUT2D eigenvalue weighted by Crippen LogP contribution is 2.19. The highest BCUT2D eigenvalue weighted by atomic mass is 16.5. The molecule has 0 bridgehead atoms. The van der Waals surface area contributed by atoms with Crippen LogP contribution in [-0.4, -0.2) is 28.6 Å². The third-order valence-corrected chi connectivity index (χ3v) is 3.94. The Hall–Kier alpha value is -2.63. The van der Waals surface area contributed by atoms with Gasteiger partial charge in [-0.3, -0.25) is 0 Å². The van der Waals surface area contributed by atoms with E-state index in [2.05, 4.69) is 22.5 Å². The van der Waals surface area contributed by atoms with E-state index in [1.54, 1.807) is 13.3 Å². The van der Waals surface area contributed by atoms with E-state index in [1.165, 1.54) is 0 Å². The highest BCUT2D eigenvalue weighted by molar-refractivity contribution is 5.34. The standard InChI is InChI=1S/C19H21N3O2/c1-24-18-5-2-4-16(12-18)19(14-23)20-13-15-6-8-17(9-7-15)22-11-3-10-21-22/h2-12,19-20,23H,13-14H2,1H3. The summed E-state index contributed by atoms with van der Waals surface area (Å²) in [6, 6.07) is 17.7. The molecule has 1 heterocycles. The summed E-state index contributed by atoms with van der Waals surface area (Å²) < 4.78 is 7.07. The van der Waals surface area contributed by atoms with Crippen LogP contribution in [0.1, 0.15) is 17.2 Å². The first kappa shape index (κ1) is 16.2. The molecule has 0 aliphatic heterocycles. The average molecular weight is 323 g/mol. The Morgan fingerprint density at radius 3 is 2.67 bits per heavy atom. The molecular weight excluding hydrogens is 302 g/mol. The molecule has 24 heavy (non-hydrogen) atoms. The van der Waals surface area contributed by atoms with Crippen LogP contribution in [0.3, 0.4) is 0 Å². The summed E-state index contributed by atoms with van der Waals surface area (Å²) in [4.78, 5) is 0. The fourth-order valence-corrected chi connectivity index (χ4v) is 2.58. The number of methoxy groups -OCH3 is 1. The van der Waals surface area contributed by atoms with Gasteiger partial charge in [-0.2, -0.15) is 5.10 Å². The zero-order chi connectivity index (χ0) is 16.8. The monoisotopic (exact) mass is 323 g/mol. The molecule has 0 radical (unpaired) electrons. The zero-order valence-corrected chi connectivity index (χ0v) is 13.6. The number of nitrogens with zero attached hydrogens (tertiary/aromatic N) is 2. The predicted molar refractivity (Wildman–Crippen MR) is 93.2 cm³/mol. The highest BCUT2D eigenvalue weighted by Gasteiger charge is 2.10. The number of aromatic nitrogens is 2. The Morgan fingerprint density at radius 1 is 1.17 bits per heavy atom. The maximum atomic E-state index is 9.68. The molecule has 0 aliphatic carbocycles. The quantitative estimate of drug-likeness (QED) is 0.702. The molecule has 5 nitrogen and oxygen atoms in total. The van der Waals surface area contributed by atoms with Gasteiger partial charge in [0.15, 0.2) is 0 Å². The molecule has 1 unspecified atom stereocenters. The molecule has 0 aliphatic rings. The first-order valence-electron chi connectivity index (χ1n) is 7.87. The van der Waals surface area contributed by atoms with Crippen LogP contribution in [0, 0.1) is 0 Å². The van der Waals surface area contributed by atoms with Gasteiger partial charge in [0.2, 0.25) is 0 Å². The average Bonchev–Trinajstić information content (AvgIpc) is 3.18. The van der Waals surface area contributed by atoms with Crippen molar-refractivity contribution in [3.63, 3.8) is 0 Å². The van der Waals surface area contributed by atoms with Crippen LogP contribution in [0.5, 0.6) is 5.75 Å². The van der Waals surface area contributed by atoms with Crippen LogP contribution < -0.4 is 10.1 Å². The van der Waals surface area contributed by atoms with Gasteiger partial charge in [-0.15, -0.1) is 0 Å². The third kappa shape index (κ3) is 3.82. The summed E-state index contributed by atoms with van der Waals surface area (Å²) in [5.41, 5.74) is 3.17. The molecule has 0 saturated heterocycles. The van der Waals surface area contributed by atoms with Crippen LogP contribution in [0.25, 0.3) is 5.69 Å². The molecule has 3 rings (SSSR count). The number of hydrogen-bond acceptors (Lipinski definition) is 4. The van der Waals surface area contributed by atoms with Crippen LogP contribution in [0.2, 0.25) is 0 Å². The molecular formula is C19H21N3O2. The van der Waals surface area contributed by atoms with Crippen molar-refractivity contribution in [1.29, 1.82) is 0 Å². The molecule has 0 spiro atoms. The Balaban J connectivity index is 1.65. The van der Waals surface area contributed by atoms with Crippen molar-refractivity contribution in [3.05, 3.63) is 78.1 Å². The summed E-state index contributed by atoms with van der Waals surface area (Å²) in [6.07, 6.45) is 3.67. The molecule has 1 atom stereocenters. The van der Waals surface area contributed by atoms with Crippen molar-refractivity contribution in [2.24, 2.45) is 0 Å². The van der Waals surface area contributed by atoms with Gasteiger partial charge in [-0.05, 0) is 41.5 Å². The second-order valence-corrected chi connectivity index (χ2v) is 5.51. The van der Waals surface area contributed by atoms with E-state index in [9.17, 15) is 5.11 Å². The first-order chi connectivity index (χ1) is 11.8. The number of ether oxygens (including phenoxy) is 1. The lowest BCUT2D eigenvalue weighted by molar-refractivity contribution is 0.243. The summed E-state index contributed by atoms with van der Waals surface area (Å²) in [6.45, 7) is 0.695. The van der Waals surface area contributed by atoms with Crippen molar-refractivity contribution in [2.45, 2.75) is 12.6 Å². The van der Waals surface area contributed by atoms with Crippen LogP contribution in [-0.2, 0) is 6.54 Å². The third-order valence-electron chi connectivity index (χ3n) is 3.94. The molecule has 2 aromatic carbocycles. The van der Waals surface area contributed by atoms with Crippen molar-refractivity contribution in [3.8, 4) is 11.4 Å². The van der Waals surface area contributed by atoms with E-state index in [-0.39, 0.29) is 12.6 Å². The van der Waals surface area contributed by atoms with Gasteiger partial charge in [-0.1, -0.05) is 24.3 Å². The number of rotatable bonds is 7. The second kappa shape index (κ2) is 7.77. The van der Waals surface area contributed by atoms with Crippen molar-refractivity contribution < 1.29 is 9.84 Å². The minimum atomic E-state index is -0.133. The minimum absolute atomic E-state index is 0.0263. The molecule has 124 valence electrons. The predicted octanol–water partition coefficient (Wildman–Crippen LogP) is 2.70. The lowest BCUT2D eigenvalue weighted by atomic mass is 10.1. The summed E-state index contributed by atoms with van der Waals surface area (Å²) in [5.74, 6) is 0.788. The van der Waals surface area contributed by atoms with E-state index in [0.717, 1.165) is 22.6 Å². The molecule has 0 amide bonds. The topological polar surface area (TPSA) is 59.3 Å². The number of benzene rings is 2. The Kier molecular flexibility index (Phi) is 5.25. The maximum absolute atomic E-state index is 9.68. The van der Waals surface area contributed by atoms with E-state index < -0.39 is 0 Å². The van der Waals surface area contributed by atoms with Crippen LogP contribution in [0.4, 0.5) is 0 Å². The van der Waals surface area contributed by atoms with Crippen molar-refractivity contribution >= 4 is 0 Å². The molecule has 3 aromatic rings. The zero-order valence-electron chi connectivity index (χ0n) is 13.6. The van der Waals surface area contributed by atoms with Crippen molar-refractivity contribution in [2.75, 3.05) is 13.7 Å². The van der Waals surface area contributed by atoms with Crippen LogP contribution >= 0.6 is 0 Å². The molecule has 0 saturated carbocycles. The maximum Gasteiger partial charge on any atom is 0.119 e. The summed E-state index contributed by atoms with van der Waals surface area (Å²) >= 11 is 0. The Morgan fingerprint density at radius 2 is 2.00 bits per heavy atom. The molecule has 2 N–H and O–H groups in total. The van der Waals surface area contributed by atoms with Gasteiger partial charge in [0.05, 0.1) is 25.4 Å². The van der Waals surface area contributed by atoms with Gasteiger partial charge in [0.25, 0.3) is 0 Å². The van der Waals surface area contributed by atoms with Gasteiger partial charge in [-0.25, -0.2) is 4.68 Å². The lowest BCUT2D eigenvalue weighted by Gasteiger charge is -2.17. The minimum Gasteiger partial charge on any atom is -0.497 e. The largest absolute Gasteiger partial charge is 0.497 e. The Bertz CT molecular complexity index is 755. The van der Waals surface area contributed by atoms with Gasteiger partial charge in [0.1, 0.15) is 5.75 Å². The normalized spacial score (nSPS) is 12.1. The van der Waals surface area contributed by atoms with Gasteiger partial charge < -0.3 is 15.2 Å². The number of hydrogen-bond donors (Lipinski definition) is 2. The van der Waals surface area contributed by atoms with Gasteiger partial charge >= 0.3 is 0 Å². The van der Waals surface area contributed by atoms with Gasteiger partial charge in [0, 0.05) is 18.9 Å². The Labute approximate surface area is 141 Å². The van der Waals surface area contributed by atoms with E-state index in [1.807, 2.05) is 53.3 Å². The fourth-order valence-electron chi connectivity index (χ4n) is 2.58. The molecule has 1 aromatic heterocycles. The van der Waals surface area contributed by atoms with E-state index in [4.69, 9.17) is 4.74 Å². The van der Waals surface area contributed by atoms with Crippen LogP contribution in [0.15, 0.2) is 67.0 Å². The molecule has 0 fully saturated rings. The number of aliphatic hydroxyl groups is 1. The summed E-state index contributed by atoms with van der Waals surface area (Å²) in [7, 11) is 1.64. The fraction of sp³-hybridized carbons (Fsp3) is 0.211.